The molecule has 0 aromatic heterocycles. The molecule has 0 N–H and O–H groups in total. The molecule has 2 nitrogen and oxygen atoms in total. The number of hydrogen-bond acceptors (Lipinski definition) is 2. The van der Waals surface area contributed by atoms with Gasteiger partial charge in [-0.2, -0.15) is 5.26 Å². The maximum absolute atomic E-state index is 8.86. The van der Waals surface area contributed by atoms with Crippen LogP contribution in [0.15, 0.2) is 65.9 Å². The van der Waals surface area contributed by atoms with E-state index in [2.05, 4.69) is 42.5 Å². The third kappa shape index (κ3) is 7.03. The second-order valence-electron chi connectivity index (χ2n) is 4.29. The normalized spacial score (nSPS) is 12.4. The first-order valence-electron chi connectivity index (χ1n) is 8.36. The second kappa shape index (κ2) is 15.2. The minimum absolute atomic E-state index is 0.735. The van der Waals surface area contributed by atoms with Crippen molar-refractivity contribution in [3.63, 3.8) is 0 Å². The van der Waals surface area contributed by atoms with Crippen molar-refractivity contribution in [2.45, 2.75) is 41.0 Å². The summed E-state index contributed by atoms with van der Waals surface area (Å²) >= 11 is 0. The smallest absolute Gasteiger partial charge is 0.0944 e. The molecule has 2 heteroatoms. The van der Waals surface area contributed by atoms with Crippen LogP contribution in [0.25, 0.3) is 0 Å². The van der Waals surface area contributed by atoms with Gasteiger partial charge in [0.1, 0.15) is 0 Å². The van der Waals surface area contributed by atoms with Gasteiger partial charge in [0.2, 0.25) is 0 Å². The molecule has 1 aliphatic heterocycles. The summed E-state index contributed by atoms with van der Waals surface area (Å²) in [5, 5.41) is 8.86. The van der Waals surface area contributed by atoms with Crippen LogP contribution in [-0.4, -0.2) is 6.54 Å². The van der Waals surface area contributed by atoms with Crippen LogP contribution in [0.4, 0.5) is 5.69 Å². The Morgan fingerprint density at radius 1 is 1.17 bits per heavy atom. The highest BCUT2D eigenvalue weighted by Crippen LogP contribution is 2.30. The highest BCUT2D eigenvalue weighted by atomic mass is 15.2. The van der Waals surface area contributed by atoms with Gasteiger partial charge in [0.05, 0.1) is 6.07 Å². The Balaban J connectivity index is 0. The van der Waals surface area contributed by atoms with Crippen LogP contribution < -0.4 is 4.90 Å². The first-order chi connectivity index (χ1) is 11.8. The molecule has 0 unspecified atom stereocenters. The Hall–Kier alpha value is -2.71. The molecule has 1 heterocycles. The third-order valence-electron chi connectivity index (χ3n) is 3.05. The van der Waals surface area contributed by atoms with E-state index in [0.717, 1.165) is 24.2 Å². The van der Waals surface area contributed by atoms with E-state index < -0.39 is 0 Å². The van der Waals surface area contributed by atoms with Crippen LogP contribution in [0.5, 0.6) is 0 Å². The van der Waals surface area contributed by atoms with Gasteiger partial charge in [0, 0.05) is 23.5 Å². The van der Waals surface area contributed by atoms with Crippen LogP contribution in [0.3, 0.4) is 0 Å². The predicted octanol–water partition coefficient (Wildman–Crippen LogP) is 6.11. The van der Waals surface area contributed by atoms with E-state index in [4.69, 9.17) is 5.26 Å². The molecule has 1 aliphatic rings. The van der Waals surface area contributed by atoms with Crippen molar-refractivity contribution in [2.75, 3.05) is 11.4 Å². The molecule has 0 amide bonds. The van der Waals surface area contributed by atoms with Crippen molar-refractivity contribution in [3.8, 4) is 18.9 Å². The lowest BCUT2D eigenvalue weighted by molar-refractivity contribution is 0.974. The van der Waals surface area contributed by atoms with Crippen molar-refractivity contribution in [2.24, 2.45) is 0 Å². The van der Waals surface area contributed by atoms with E-state index in [9.17, 15) is 0 Å². The van der Waals surface area contributed by atoms with Gasteiger partial charge in [-0.15, -0.1) is 12.8 Å². The van der Waals surface area contributed by atoms with E-state index in [1.165, 1.54) is 11.3 Å². The van der Waals surface area contributed by atoms with Crippen LogP contribution in [0.1, 0.15) is 41.0 Å². The number of anilines is 1. The Labute approximate surface area is 148 Å². The Kier molecular flexibility index (Phi) is 14.9. The molecule has 128 valence electrons. The van der Waals surface area contributed by atoms with Gasteiger partial charge < -0.3 is 4.90 Å². The number of para-hydroxylation sites is 1. The van der Waals surface area contributed by atoms with Crippen molar-refractivity contribution < 1.29 is 0 Å². The SMILES string of the molecule is C#C.C=CC1=C(/C=C(\C)C#N)CCN1c1ccccc1.CC.CC. The molecule has 0 bridgehead atoms. The van der Waals surface area contributed by atoms with Gasteiger partial charge in [-0.1, -0.05) is 52.5 Å². The minimum atomic E-state index is 0.735. The first-order valence-corrected chi connectivity index (χ1v) is 8.36. The summed E-state index contributed by atoms with van der Waals surface area (Å²) in [4.78, 5) is 2.24. The van der Waals surface area contributed by atoms with Crippen molar-refractivity contribution in [1.82, 2.24) is 0 Å². The molecule has 0 atom stereocenters. The minimum Gasteiger partial charge on any atom is -0.341 e. The monoisotopic (exact) mass is 322 g/mol. The molecule has 0 aliphatic carbocycles. The van der Waals surface area contributed by atoms with Crippen LogP contribution in [0, 0.1) is 24.2 Å². The molecule has 1 aromatic rings. The molecule has 0 radical (unpaired) electrons. The molecule has 0 fully saturated rings. The lowest BCUT2D eigenvalue weighted by atomic mass is 10.1. The molecule has 0 saturated carbocycles. The Morgan fingerprint density at radius 2 is 1.71 bits per heavy atom. The lowest BCUT2D eigenvalue weighted by Gasteiger charge is -2.20. The first kappa shape index (κ1) is 23.6. The average molecular weight is 322 g/mol. The quantitative estimate of drug-likeness (QED) is 0.496. The number of hydrogen-bond donors (Lipinski definition) is 0. The number of benzene rings is 1. The summed E-state index contributed by atoms with van der Waals surface area (Å²) in [6.07, 6.45) is 12.8. The van der Waals surface area contributed by atoms with E-state index in [1.807, 2.05) is 65.0 Å². The van der Waals surface area contributed by atoms with Crippen molar-refractivity contribution in [3.05, 3.63) is 65.9 Å². The molecule has 0 saturated heterocycles. The zero-order chi connectivity index (χ0) is 19.0. The van der Waals surface area contributed by atoms with Gasteiger partial charge in [-0.25, -0.2) is 0 Å². The standard InChI is InChI=1S/C16H16N2.2C2H6.C2H2/c1-3-16-14(11-13(2)12-17)9-10-18(16)15-7-5-4-6-8-15;3*1-2/h3-8,11H,1,9-10H2,2H3;2*1-2H3;1-2H/b13-11+;;;. The van der Waals surface area contributed by atoms with Gasteiger partial charge in [-0.05, 0) is 43.2 Å². The number of nitriles is 1. The van der Waals surface area contributed by atoms with Crippen molar-refractivity contribution >= 4 is 5.69 Å². The summed E-state index contributed by atoms with van der Waals surface area (Å²) < 4.78 is 0. The van der Waals surface area contributed by atoms with E-state index in [1.54, 1.807) is 0 Å². The maximum atomic E-state index is 8.86. The number of terminal acetylenes is 1. The van der Waals surface area contributed by atoms with E-state index in [-0.39, 0.29) is 0 Å². The second-order valence-corrected chi connectivity index (χ2v) is 4.29. The van der Waals surface area contributed by atoms with Gasteiger partial charge in [0.25, 0.3) is 0 Å². The highest BCUT2D eigenvalue weighted by molar-refractivity contribution is 5.60. The number of nitrogens with zero attached hydrogens (tertiary/aromatic N) is 2. The van der Waals surface area contributed by atoms with Crippen molar-refractivity contribution in [1.29, 1.82) is 5.26 Å². The zero-order valence-corrected chi connectivity index (χ0v) is 15.7. The van der Waals surface area contributed by atoms with Gasteiger partial charge in [0.15, 0.2) is 0 Å². The summed E-state index contributed by atoms with van der Waals surface area (Å²) in [6.45, 7) is 14.7. The predicted molar refractivity (Wildman–Crippen MR) is 108 cm³/mol. The van der Waals surface area contributed by atoms with Crippen LogP contribution in [0.2, 0.25) is 0 Å². The lowest BCUT2D eigenvalue weighted by Crippen LogP contribution is -2.17. The maximum Gasteiger partial charge on any atom is 0.0944 e. The molecule has 2 rings (SSSR count). The topological polar surface area (TPSA) is 27.0 Å². The number of rotatable bonds is 3. The highest BCUT2D eigenvalue weighted by Gasteiger charge is 2.20. The number of allylic oxidation sites excluding steroid dienone is 3. The van der Waals surface area contributed by atoms with Gasteiger partial charge >= 0.3 is 0 Å². The van der Waals surface area contributed by atoms with Crippen LogP contribution in [-0.2, 0) is 0 Å². The fourth-order valence-corrected chi connectivity index (χ4v) is 2.21. The summed E-state index contributed by atoms with van der Waals surface area (Å²) in [5.41, 5.74) is 4.20. The molecule has 1 aromatic carbocycles. The molecule has 0 spiro atoms. The Bertz CT molecular complexity index is 583. The molecular formula is C22H30N2. The van der Waals surface area contributed by atoms with E-state index in [0.29, 0.717) is 0 Å². The fraction of sp³-hybridized carbons (Fsp3) is 0.318. The molecular weight excluding hydrogens is 292 g/mol. The Morgan fingerprint density at radius 3 is 2.17 bits per heavy atom. The zero-order valence-electron chi connectivity index (χ0n) is 15.7. The van der Waals surface area contributed by atoms with Crippen LogP contribution >= 0.6 is 0 Å². The third-order valence-corrected chi connectivity index (χ3v) is 3.05. The largest absolute Gasteiger partial charge is 0.341 e. The molecule has 24 heavy (non-hydrogen) atoms. The summed E-state index contributed by atoms with van der Waals surface area (Å²) in [6, 6.07) is 12.4. The fourth-order valence-electron chi connectivity index (χ4n) is 2.21. The summed E-state index contributed by atoms with van der Waals surface area (Å²) in [5.74, 6) is 0. The average Bonchev–Trinajstić information content (AvgIpc) is 3.09. The van der Waals surface area contributed by atoms with E-state index >= 15 is 0 Å². The summed E-state index contributed by atoms with van der Waals surface area (Å²) in [7, 11) is 0. The van der Waals surface area contributed by atoms with Gasteiger partial charge in [-0.3, -0.25) is 0 Å².